The lowest BCUT2D eigenvalue weighted by Gasteiger charge is -2.19. The number of alkyl halides is 4. The van der Waals surface area contributed by atoms with E-state index >= 15 is 0 Å². The van der Waals surface area contributed by atoms with Crippen LogP contribution in [0.25, 0.3) is 0 Å². The summed E-state index contributed by atoms with van der Waals surface area (Å²) in [6.45, 7) is 3.52. The van der Waals surface area contributed by atoms with Crippen LogP contribution in [0.2, 0.25) is 0 Å². The van der Waals surface area contributed by atoms with Gasteiger partial charge in [0.1, 0.15) is 5.67 Å². The van der Waals surface area contributed by atoms with Crippen LogP contribution in [0.1, 0.15) is 48.2 Å². The molecule has 3 nitrogen and oxygen atoms in total. The van der Waals surface area contributed by atoms with E-state index in [1.807, 2.05) is 0 Å². The SMILES string of the molecule is CC(C)(F)c1cc(C(=O)NC[C@@H]2CCCN2)cc(C(F)(F)F)c1. The fourth-order valence-electron chi connectivity index (χ4n) is 2.51. The Morgan fingerprint density at radius 3 is 2.39 bits per heavy atom. The molecule has 0 radical (unpaired) electrons. The summed E-state index contributed by atoms with van der Waals surface area (Å²) in [6.07, 6.45) is -2.72. The van der Waals surface area contributed by atoms with E-state index in [1.165, 1.54) is 6.07 Å². The van der Waals surface area contributed by atoms with Crippen molar-refractivity contribution in [3.8, 4) is 0 Å². The molecule has 0 aromatic heterocycles. The lowest BCUT2D eigenvalue weighted by molar-refractivity contribution is -0.137. The highest BCUT2D eigenvalue weighted by molar-refractivity contribution is 5.94. The molecule has 23 heavy (non-hydrogen) atoms. The molecule has 1 aliphatic heterocycles. The minimum Gasteiger partial charge on any atom is -0.350 e. The highest BCUT2D eigenvalue weighted by atomic mass is 19.4. The standard InChI is InChI=1S/C16H20F4N2O/c1-15(2,17)11-6-10(7-12(8-11)16(18,19)20)14(23)22-9-13-4-3-5-21-13/h6-8,13,21H,3-5,9H2,1-2H3,(H,22,23)/t13-/m0/s1. The first-order chi connectivity index (χ1) is 10.6. The molecule has 2 rings (SSSR count). The van der Waals surface area contributed by atoms with Gasteiger partial charge in [0.2, 0.25) is 0 Å². The van der Waals surface area contributed by atoms with Gasteiger partial charge < -0.3 is 10.6 Å². The Hall–Kier alpha value is -1.63. The summed E-state index contributed by atoms with van der Waals surface area (Å²) in [5.41, 5.74) is -3.34. The molecule has 1 saturated heterocycles. The molecule has 7 heteroatoms. The monoisotopic (exact) mass is 332 g/mol. The zero-order chi connectivity index (χ0) is 17.3. The fraction of sp³-hybridized carbons (Fsp3) is 0.562. The van der Waals surface area contributed by atoms with E-state index in [9.17, 15) is 22.4 Å². The molecular weight excluding hydrogens is 312 g/mol. The highest BCUT2D eigenvalue weighted by Gasteiger charge is 2.33. The van der Waals surface area contributed by atoms with Gasteiger partial charge in [-0.05, 0) is 57.0 Å². The summed E-state index contributed by atoms with van der Waals surface area (Å²) in [6, 6.07) is 2.80. The lowest BCUT2D eigenvalue weighted by atomic mass is 9.95. The van der Waals surface area contributed by atoms with Gasteiger partial charge in [0.25, 0.3) is 5.91 Å². The van der Waals surface area contributed by atoms with Crippen molar-refractivity contribution in [2.24, 2.45) is 0 Å². The topological polar surface area (TPSA) is 41.1 Å². The number of nitrogens with one attached hydrogen (secondary N) is 2. The molecule has 128 valence electrons. The van der Waals surface area contributed by atoms with Gasteiger partial charge >= 0.3 is 6.18 Å². The van der Waals surface area contributed by atoms with Crippen LogP contribution in [0, 0.1) is 0 Å². The highest BCUT2D eigenvalue weighted by Crippen LogP contribution is 2.34. The Labute approximate surface area is 132 Å². The van der Waals surface area contributed by atoms with Crippen molar-refractivity contribution in [3.05, 3.63) is 34.9 Å². The Kier molecular flexibility index (Phi) is 4.98. The average molecular weight is 332 g/mol. The third-order valence-corrected chi connectivity index (χ3v) is 3.88. The first kappa shape index (κ1) is 17.7. The maximum Gasteiger partial charge on any atom is 0.416 e. The normalized spacial score (nSPS) is 19.0. The fourth-order valence-corrected chi connectivity index (χ4v) is 2.51. The van der Waals surface area contributed by atoms with Gasteiger partial charge in [0.05, 0.1) is 5.56 Å². The Morgan fingerprint density at radius 1 is 1.22 bits per heavy atom. The quantitative estimate of drug-likeness (QED) is 0.830. The maximum atomic E-state index is 14.1. The van der Waals surface area contributed by atoms with Crippen molar-refractivity contribution in [1.82, 2.24) is 10.6 Å². The Balaban J connectivity index is 2.23. The predicted molar refractivity (Wildman–Crippen MR) is 78.9 cm³/mol. The smallest absolute Gasteiger partial charge is 0.350 e. The number of rotatable bonds is 4. The predicted octanol–water partition coefficient (Wildman–Crippen LogP) is 3.39. The summed E-state index contributed by atoms with van der Waals surface area (Å²) < 4.78 is 53.0. The van der Waals surface area contributed by atoms with Crippen molar-refractivity contribution >= 4 is 5.91 Å². The van der Waals surface area contributed by atoms with E-state index in [1.54, 1.807) is 0 Å². The largest absolute Gasteiger partial charge is 0.416 e. The van der Waals surface area contributed by atoms with Crippen LogP contribution in [0.5, 0.6) is 0 Å². The molecule has 0 unspecified atom stereocenters. The van der Waals surface area contributed by atoms with E-state index in [4.69, 9.17) is 0 Å². The molecule has 1 aliphatic rings. The van der Waals surface area contributed by atoms with Crippen LogP contribution in [-0.2, 0) is 11.8 Å². The van der Waals surface area contributed by atoms with E-state index in [0.717, 1.165) is 45.4 Å². The first-order valence-corrected chi connectivity index (χ1v) is 7.50. The van der Waals surface area contributed by atoms with Crippen molar-refractivity contribution in [1.29, 1.82) is 0 Å². The maximum absolute atomic E-state index is 14.1. The molecule has 0 aliphatic carbocycles. The van der Waals surface area contributed by atoms with Gasteiger partial charge in [0, 0.05) is 18.2 Å². The van der Waals surface area contributed by atoms with E-state index < -0.39 is 23.3 Å². The number of carbonyl (C=O) groups excluding carboxylic acids is 1. The van der Waals surface area contributed by atoms with E-state index in [0.29, 0.717) is 6.54 Å². The second kappa shape index (κ2) is 6.47. The number of benzene rings is 1. The summed E-state index contributed by atoms with van der Waals surface area (Å²) >= 11 is 0. The number of hydrogen-bond donors (Lipinski definition) is 2. The molecule has 2 N–H and O–H groups in total. The third kappa shape index (κ3) is 4.67. The molecule has 1 amide bonds. The number of amides is 1. The van der Waals surface area contributed by atoms with Crippen LogP contribution in [0.3, 0.4) is 0 Å². The molecule has 1 fully saturated rings. The van der Waals surface area contributed by atoms with Crippen molar-refractivity contribution in [2.75, 3.05) is 13.1 Å². The zero-order valence-electron chi connectivity index (χ0n) is 13.1. The van der Waals surface area contributed by atoms with Gasteiger partial charge in [-0.2, -0.15) is 13.2 Å². The molecule has 1 atom stereocenters. The minimum atomic E-state index is -4.64. The van der Waals surface area contributed by atoms with Crippen LogP contribution in [-0.4, -0.2) is 25.0 Å². The molecular formula is C16H20F4N2O. The molecule has 0 saturated carbocycles. The first-order valence-electron chi connectivity index (χ1n) is 7.50. The van der Waals surface area contributed by atoms with Gasteiger partial charge in [-0.15, -0.1) is 0 Å². The van der Waals surface area contributed by atoms with Crippen LogP contribution in [0.4, 0.5) is 17.6 Å². The number of hydrogen-bond acceptors (Lipinski definition) is 2. The van der Waals surface area contributed by atoms with Gasteiger partial charge in [-0.1, -0.05) is 0 Å². The minimum absolute atomic E-state index is 0.127. The summed E-state index contributed by atoms with van der Waals surface area (Å²) in [5.74, 6) is -0.629. The van der Waals surface area contributed by atoms with E-state index in [-0.39, 0.29) is 17.2 Å². The number of carbonyl (C=O) groups is 1. The van der Waals surface area contributed by atoms with Crippen LogP contribution in [0.15, 0.2) is 18.2 Å². The van der Waals surface area contributed by atoms with Crippen molar-refractivity contribution in [2.45, 2.75) is 44.6 Å². The average Bonchev–Trinajstić information content (AvgIpc) is 2.95. The van der Waals surface area contributed by atoms with Crippen LogP contribution < -0.4 is 10.6 Å². The molecule has 1 aromatic carbocycles. The Bertz CT molecular complexity index is 540. The second-order valence-electron chi connectivity index (χ2n) is 6.27. The third-order valence-electron chi connectivity index (χ3n) is 3.88. The van der Waals surface area contributed by atoms with Gasteiger partial charge in [0.15, 0.2) is 0 Å². The summed E-state index contributed by atoms with van der Waals surface area (Å²) in [4.78, 5) is 12.1. The van der Waals surface area contributed by atoms with E-state index in [2.05, 4.69) is 10.6 Å². The summed E-state index contributed by atoms with van der Waals surface area (Å²) in [7, 11) is 0. The Morgan fingerprint density at radius 2 is 1.87 bits per heavy atom. The molecule has 1 heterocycles. The van der Waals surface area contributed by atoms with Gasteiger partial charge in [-0.3, -0.25) is 4.79 Å². The number of halogens is 4. The summed E-state index contributed by atoms with van der Waals surface area (Å²) in [5, 5.41) is 5.79. The lowest BCUT2D eigenvalue weighted by Crippen LogP contribution is -2.37. The van der Waals surface area contributed by atoms with Crippen LogP contribution >= 0.6 is 0 Å². The zero-order valence-corrected chi connectivity index (χ0v) is 13.1. The molecule has 0 spiro atoms. The van der Waals surface area contributed by atoms with Crippen molar-refractivity contribution < 1.29 is 22.4 Å². The van der Waals surface area contributed by atoms with Crippen molar-refractivity contribution in [3.63, 3.8) is 0 Å². The molecule has 1 aromatic rings. The van der Waals surface area contributed by atoms with Gasteiger partial charge in [-0.25, -0.2) is 4.39 Å². The molecule has 0 bridgehead atoms. The second-order valence-corrected chi connectivity index (χ2v) is 6.27.